The monoisotopic (exact) mass is 407 g/mol. The summed E-state index contributed by atoms with van der Waals surface area (Å²) >= 11 is 0. The standard InChI is InChI=1S/C25H29NO4/c1-3-5-9-18(4-2)17-29-22-13-8-12-21(16-22)26-30-25(28)23-14-19-10-6-7-11-20(19)15-24(23)27/h6-8,10-16,18,26-27H,3-5,9,17H2,1-2H3. The zero-order chi connectivity index (χ0) is 21.3. The summed E-state index contributed by atoms with van der Waals surface area (Å²) in [5.41, 5.74) is 3.36. The first kappa shape index (κ1) is 21.5. The Morgan fingerprint density at radius 3 is 2.53 bits per heavy atom. The van der Waals surface area contributed by atoms with Crippen molar-refractivity contribution in [1.82, 2.24) is 0 Å². The van der Waals surface area contributed by atoms with Crippen molar-refractivity contribution in [3.8, 4) is 11.5 Å². The van der Waals surface area contributed by atoms with Crippen LogP contribution in [0, 0.1) is 5.92 Å². The van der Waals surface area contributed by atoms with E-state index in [9.17, 15) is 9.90 Å². The fourth-order valence-electron chi connectivity index (χ4n) is 3.31. The highest BCUT2D eigenvalue weighted by atomic mass is 16.7. The minimum absolute atomic E-state index is 0.107. The Hall–Kier alpha value is -3.21. The molecule has 5 heteroatoms. The van der Waals surface area contributed by atoms with E-state index in [1.165, 1.54) is 12.8 Å². The summed E-state index contributed by atoms with van der Waals surface area (Å²) in [6, 6.07) is 18.0. The number of aromatic hydroxyl groups is 1. The van der Waals surface area contributed by atoms with E-state index in [1.807, 2.05) is 36.4 Å². The van der Waals surface area contributed by atoms with Crippen LogP contribution >= 0.6 is 0 Å². The van der Waals surface area contributed by atoms with Crippen molar-refractivity contribution in [2.75, 3.05) is 12.1 Å². The van der Waals surface area contributed by atoms with E-state index in [0.29, 0.717) is 18.2 Å². The molecule has 0 saturated carbocycles. The molecule has 0 radical (unpaired) electrons. The maximum Gasteiger partial charge on any atom is 0.366 e. The molecule has 3 aromatic rings. The molecule has 0 amide bonds. The third-order valence-corrected chi connectivity index (χ3v) is 5.21. The zero-order valence-corrected chi connectivity index (χ0v) is 17.6. The lowest BCUT2D eigenvalue weighted by molar-refractivity contribution is 0.0593. The van der Waals surface area contributed by atoms with Gasteiger partial charge in [0.2, 0.25) is 0 Å². The smallest absolute Gasteiger partial charge is 0.366 e. The van der Waals surface area contributed by atoms with Crippen LogP contribution in [0.2, 0.25) is 0 Å². The van der Waals surface area contributed by atoms with Gasteiger partial charge in [-0.1, -0.05) is 63.4 Å². The first-order valence-corrected chi connectivity index (χ1v) is 10.5. The van der Waals surface area contributed by atoms with Gasteiger partial charge >= 0.3 is 5.97 Å². The van der Waals surface area contributed by atoms with E-state index in [0.717, 1.165) is 29.4 Å². The molecule has 0 fully saturated rings. The van der Waals surface area contributed by atoms with E-state index in [-0.39, 0.29) is 11.3 Å². The Kier molecular flexibility index (Phi) is 7.55. The Morgan fingerprint density at radius 2 is 1.80 bits per heavy atom. The minimum Gasteiger partial charge on any atom is -0.507 e. The lowest BCUT2D eigenvalue weighted by atomic mass is 10.0. The van der Waals surface area contributed by atoms with Crippen LogP contribution in [0.4, 0.5) is 5.69 Å². The van der Waals surface area contributed by atoms with Gasteiger partial charge in [0.05, 0.1) is 12.3 Å². The number of carbonyl (C=O) groups excluding carboxylic acids is 1. The maximum atomic E-state index is 12.4. The average molecular weight is 408 g/mol. The number of ether oxygens (including phenoxy) is 1. The minimum atomic E-state index is -0.657. The van der Waals surface area contributed by atoms with Crippen molar-refractivity contribution < 1.29 is 19.5 Å². The molecular formula is C25H29NO4. The summed E-state index contributed by atoms with van der Waals surface area (Å²) in [6.45, 7) is 5.05. The molecule has 0 aliphatic rings. The van der Waals surface area contributed by atoms with Crippen molar-refractivity contribution in [2.24, 2.45) is 5.92 Å². The summed E-state index contributed by atoms with van der Waals surface area (Å²) in [7, 11) is 0. The molecule has 30 heavy (non-hydrogen) atoms. The fraction of sp³-hybridized carbons (Fsp3) is 0.320. The van der Waals surface area contributed by atoms with Crippen LogP contribution in [-0.4, -0.2) is 17.7 Å². The first-order chi connectivity index (χ1) is 14.6. The van der Waals surface area contributed by atoms with E-state index in [4.69, 9.17) is 9.57 Å². The van der Waals surface area contributed by atoms with Gasteiger partial charge in [-0.15, -0.1) is 0 Å². The van der Waals surface area contributed by atoms with Gasteiger partial charge in [0.15, 0.2) is 0 Å². The second-order valence-corrected chi connectivity index (χ2v) is 7.46. The fourth-order valence-corrected chi connectivity index (χ4v) is 3.31. The Balaban J connectivity index is 1.60. The highest BCUT2D eigenvalue weighted by Gasteiger charge is 2.15. The van der Waals surface area contributed by atoms with Gasteiger partial charge < -0.3 is 14.7 Å². The van der Waals surface area contributed by atoms with Gasteiger partial charge in [0, 0.05) is 6.07 Å². The van der Waals surface area contributed by atoms with Crippen LogP contribution in [0.1, 0.15) is 49.9 Å². The number of nitrogens with one attached hydrogen (secondary N) is 1. The van der Waals surface area contributed by atoms with Crippen molar-refractivity contribution in [2.45, 2.75) is 39.5 Å². The van der Waals surface area contributed by atoms with Crippen molar-refractivity contribution in [3.05, 3.63) is 66.2 Å². The van der Waals surface area contributed by atoms with E-state index in [1.54, 1.807) is 24.3 Å². The summed E-state index contributed by atoms with van der Waals surface area (Å²) in [5.74, 6) is 0.486. The van der Waals surface area contributed by atoms with Gasteiger partial charge in [-0.05, 0) is 47.4 Å². The van der Waals surface area contributed by atoms with E-state index >= 15 is 0 Å². The summed E-state index contributed by atoms with van der Waals surface area (Å²) in [5, 5.41) is 11.9. The Labute approximate surface area is 177 Å². The van der Waals surface area contributed by atoms with Crippen LogP contribution in [0.15, 0.2) is 60.7 Å². The molecule has 0 spiro atoms. The van der Waals surface area contributed by atoms with Crippen LogP contribution in [0.5, 0.6) is 11.5 Å². The number of carbonyl (C=O) groups is 1. The second-order valence-electron chi connectivity index (χ2n) is 7.46. The SMILES string of the molecule is CCCCC(CC)COc1cccc(NOC(=O)c2cc3ccccc3cc2O)c1. The molecule has 0 aromatic heterocycles. The first-order valence-electron chi connectivity index (χ1n) is 10.5. The van der Waals surface area contributed by atoms with E-state index in [2.05, 4.69) is 19.3 Å². The van der Waals surface area contributed by atoms with Gasteiger partial charge in [0.1, 0.15) is 17.1 Å². The number of anilines is 1. The highest BCUT2D eigenvalue weighted by molar-refractivity contribution is 5.98. The largest absolute Gasteiger partial charge is 0.507 e. The van der Waals surface area contributed by atoms with Crippen molar-refractivity contribution in [3.63, 3.8) is 0 Å². The molecule has 0 bridgehead atoms. The van der Waals surface area contributed by atoms with Crippen LogP contribution in [-0.2, 0) is 4.84 Å². The number of phenolic OH excluding ortho intramolecular Hbond substituents is 1. The molecule has 0 aliphatic heterocycles. The van der Waals surface area contributed by atoms with Gasteiger partial charge in [-0.2, -0.15) is 0 Å². The lowest BCUT2D eigenvalue weighted by Gasteiger charge is -2.16. The average Bonchev–Trinajstić information content (AvgIpc) is 2.77. The third-order valence-electron chi connectivity index (χ3n) is 5.21. The van der Waals surface area contributed by atoms with Crippen molar-refractivity contribution >= 4 is 22.4 Å². The molecule has 0 saturated heterocycles. The molecule has 158 valence electrons. The molecule has 1 atom stereocenters. The lowest BCUT2D eigenvalue weighted by Crippen LogP contribution is -2.12. The molecule has 1 unspecified atom stereocenters. The van der Waals surface area contributed by atoms with Gasteiger partial charge in [0.25, 0.3) is 0 Å². The molecule has 2 N–H and O–H groups in total. The number of rotatable bonds is 10. The summed E-state index contributed by atoms with van der Waals surface area (Å²) in [4.78, 5) is 17.6. The maximum absolute atomic E-state index is 12.4. The molecular weight excluding hydrogens is 378 g/mol. The number of unbranched alkanes of at least 4 members (excludes halogenated alkanes) is 1. The molecule has 0 aliphatic carbocycles. The van der Waals surface area contributed by atoms with Crippen molar-refractivity contribution in [1.29, 1.82) is 0 Å². The molecule has 0 heterocycles. The quantitative estimate of drug-likeness (QED) is 0.385. The van der Waals surface area contributed by atoms with Crippen LogP contribution in [0.3, 0.4) is 0 Å². The molecule has 3 rings (SSSR count). The predicted octanol–water partition coefficient (Wildman–Crippen LogP) is 6.32. The topological polar surface area (TPSA) is 67.8 Å². The van der Waals surface area contributed by atoms with Crippen LogP contribution in [0.25, 0.3) is 10.8 Å². The highest BCUT2D eigenvalue weighted by Crippen LogP contribution is 2.26. The Bertz CT molecular complexity index is 986. The third kappa shape index (κ3) is 5.66. The van der Waals surface area contributed by atoms with E-state index < -0.39 is 5.97 Å². The number of hydrogen-bond acceptors (Lipinski definition) is 5. The Morgan fingerprint density at radius 1 is 1.03 bits per heavy atom. The number of fused-ring (bicyclic) bond motifs is 1. The predicted molar refractivity (Wildman–Crippen MR) is 120 cm³/mol. The zero-order valence-electron chi connectivity index (χ0n) is 17.6. The normalized spacial score (nSPS) is 11.8. The molecule has 5 nitrogen and oxygen atoms in total. The van der Waals surface area contributed by atoms with Gasteiger partial charge in [-0.3, -0.25) is 0 Å². The summed E-state index contributed by atoms with van der Waals surface area (Å²) < 4.78 is 5.94. The number of hydrogen-bond donors (Lipinski definition) is 2. The second kappa shape index (κ2) is 10.5. The number of phenols is 1. The number of benzene rings is 3. The van der Waals surface area contributed by atoms with Gasteiger partial charge in [-0.25, -0.2) is 10.3 Å². The van der Waals surface area contributed by atoms with Crippen LogP contribution < -0.4 is 10.2 Å². The molecule has 3 aromatic carbocycles. The summed E-state index contributed by atoms with van der Waals surface area (Å²) in [6.07, 6.45) is 4.65.